The summed E-state index contributed by atoms with van der Waals surface area (Å²) in [5, 5.41) is 6.13. The van der Waals surface area contributed by atoms with Gasteiger partial charge in [0, 0.05) is 24.1 Å². The van der Waals surface area contributed by atoms with Crippen LogP contribution in [0, 0.1) is 0 Å². The van der Waals surface area contributed by atoms with Crippen LogP contribution in [0.5, 0.6) is 5.75 Å². The van der Waals surface area contributed by atoms with Gasteiger partial charge in [0.15, 0.2) is 0 Å². The quantitative estimate of drug-likeness (QED) is 0.834. The second kappa shape index (κ2) is 8.36. The van der Waals surface area contributed by atoms with E-state index in [1.165, 1.54) is 14.0 Å². The molecular weight excluding hydrogens is 328 g/mol. The van der Waals surface area contributed by atoms with Crippen LogP contribution in [0.4, 0.5) is 11.4 Å². The Morgan fingerprint density at radius 1 is 1.12 bits per heavy atom. The van der Waals surface area contributed by atoms with Crippen molar-refractivity contribution >= 4 is 34.8 Å². The molecule has 0 fully saturated rings. The number of ether oxygens (including phenoxy) is 1. The molecule has 0 saturated heterocycles. The van der Waals surface area contributed by atoms with Crippen molar-refractivity contribution in [2.45, 2.75) is 19.8 Å². The van der Waals surface area contributed by atoms with Crippen molar-refractivity contribution in [3.8, 4) is 5.75 Å². The minimum Gasteiger partial charge on any atom is -0.495 e. The van der Waals surface area contributed by atoms with Gasteiger partial charge in [0.05, 0.1) is 12.8 Å². The summed E-state index contributed by atoms with van der Waals surface area (Å²) < 4.78 is 5.18. The third-order valence-corrected chi connectivity index (χ3v) is 3.74. The number of amides is 2. The van der Waals surface area contributed by atoms with E-state index in [0.717, 1.165) is 5.56 Å². The molecule has 2 rings (SSSR count). The molecule has 24 heavy (non-hydrogen) atoms. The summed E-state index contributed by atoms with van der Waals surface area (Å²) >= 11 is 6.08. The number of halogens is 1. The van der Waals surface area contributed by atoms with Crippen molar-refractivity contribution in [2.75, 3.05) is 17.7 Å². The fraction of sp³-hybridized carbons (Fsp3) is 0.222. The molecule has 2 aromatic rings. The van der Waals surface area contributed by atoms with Crippen molar-refractivity contribution in [1.82, 2.24) is 0 Å². The first-order valence-corrected chi connectivity index (χ1v) is 7.86. The van der Waals surface area contributed by atoms with E-state index in [1.54, 1.807) is 24.3 Å². The first-order chi connectivity index (χ1) is 11.5. The van der Waals surface area contributed by atoms with E-state index in [9.17, 15) is 9.59 Å². The van der Waals surface area contributed by atoms with Gasteiger partial charge in [0.25, 0.3) is 0 Å². The van der Waals surface area contributed by atoms with E-state index in [-0.39, 0.29) is 11.8 Å². The lowest BCUT2D eigenvalue weighted by atomic mass is 10.1. The highest BCUT2D eigenvalue weighted by molar-refractivity contribution is 6.31. The molecule has 0 bridgehead atoms. The number of hydrogen-bond donors (Lipinski definition) is 2. The Labute approximate surface area is 146 Å². The molecule has 0 atom stereocenters. The zero-order valence-corrected chi connectivity index (χ0v) is 14.3. The second-order valence-corrected chi connectivity index (χ2v) is 5.64. The van der Waals surface area contributed by atoms with Crippen molar-refractivity contribution in [2.24, 2.45) is 0 Å². The highest BCUT2D eigenvalue weighted by atomic mass is 35.5. The van der Waals surface area contributed by atoms with Gasteiger partial charge in [-0.15, -0.1) is 0 Å². The highest BCUT2D eigenvalue weighted by Crippen LogP contribution is 2.28. The summed E-state index contributed by atoms with van der Waals surface area (Å²) in [5.74, 6) is 0.184. The third kappa shape index (κ3) is 4.99. The van der Waals surface area contributed by atoms with Gasteiger partial charge in [0.2, 0.25) is 11.8 Å². The number of anilines is 2. The number of methoxy groups -OCH3 is 1. The van der Waals surface area contributed by atoms with Crippen LogP contribution in [-0.4, -0.2) is 18.9 Å². The van der Waals surface area contributed by atoms with E-state index >= 15 is 0 Å². The van der Waals surface area contributed by atoms with Crippen LogP contribution in [0.1, 0.15) is 18.9 Å². The Hall–Kier alpha value is -2.53. The SMILES string of the molecule is COc1ccc(NC(=O)CCc2ccccc2Cl)cc1NC(C)=O. The average Bonchev–Trinajstić information content (AvgIpc) is 2.54. The number of carbonyl (C=O) groups is 2. The lowest BCUT2D eigenvalue weighted by Gasteiger charge is -2.12. The van der Waals surface area contributed by atoms with Gasteiger partial charge < -0.3 is 15.4 Å². The number of rotatable bonds is 6. The van der Waals surface area contributed by atoms with Crippen LogP contribution in [0.15, 0.2) is 42.5 Å². The number of hydrogen-bond acceptors (Lipinski definition) is 3. The molecule has 0 saturated carbocycles. The molecule has 5 nitrogen and oxygen atoms in total. The van der Waals surface area contributed by atoms with Crippen molar-refractivity contribution in [1.29, 1.82) is 0 Å². The van der Waals surface area contributed by atoms with Gasteiger partial charge in [0.1, 0.15) is 5.75 Å². The maximum absolute atomic E-state index is 12.1. The zero-order valence-electron chi connectivity index (χ0n) is 13.6. The van der Waals surface area contributed by atoms with Crippen LogP contribution < -0.4 is 15.4 Å². The molecule has 2 aromatic carbocycles. The molecular formula is C18H19ClN2O3. The van der Waals surface area contributed by atoms with Gasteiger partial charge in [-0.3, -0.25) is 9.59 Å². The third-order valence-electron chi connectivity index (χ3n) is 3.37. The van der Waals surface area contributed by atoms with E-state index in [1.807, 2.05) is 18.2 Å². The molecule has 126 valence electrons. The van der Waals surface area contributed by atoms with Crippen molar-refractivity contribution in [3.63, 3.8) is 0 Å². The van der Waals surface area contributed by atoms with E-state index in [2.05, 4.69) is 10.6 Å². The molecule has 0 aliphatic rings. The Morgan fingerprint density at radius 3 is 2.54 bits per heavy atom. The zero-order chi connectivity index (χ0) is 17.5. The molecule has 0 heterocycles. The van der Waals surface area contributed by atoms with Gasteiger partial charge >= 0.3 is 0 Å². The monoisotopic (exact) mass is 346 g/mol. The second-order valence-electron chi connectivity index (χ2n) is 5.24. The van der Waals surface area contributed by atoms with Crippen molar-refractivity contribution in [3.05, 3.63) is 53.1 Å². The molecule has 0 spiro atoms. The fourth-order valence-corrected chi connectivity index (χ4v) is 2.48. The molecule has 0 aliphatic heterocycles. The van der Waals surface area contributed by atoms with Crippen LogP contribution in [0.25, 0.3) is 0 Å². The van der Waals surface area contributed by atoms with Crippen LogP contribution in [0.2, 0.25) is 5.02 Å². The minimum absolute atomic E-state index is 0.131. The van der Waals surface area contributed by atoms with E-state index in [4.69, 9.17) is 16.3 Å². The first kappa shape index (κ1) is 17.8. The standard InChI is InChI=1S/C18H19ClN2O3/c1-12(22)20-16-11-14(8-9-17(16)24-2)21-18(23)10-7-13-5-3-4-6-15(13)19/h3-6,8-9,11H,7,10H2,1-2H3,(H,20,22)(H,21,23). The molecule has 0 unspecified atom stereocenters. The van der Waals surface area contributed by atoms with Gasteiger partial charge in [-0.25, -0.2) is 0 Å². The molecule has 0 radical (unpaired) electrons. The predicted molar refractivity (Wildman–Crippen MR) is 95.7 cm³/mol. The minimum atomic E-state index is -0.213. The Kier molecular flexibility index (Phi) is 6.21. The molecule has 2 N–H and O–H groups in total. The summed E-state index contributed by atoms with van der Waals surface area (Å²) in [6.07, 6.45) is 0.867. The van der Waals surface area contributed by atoms with Crippen LogP contribution in [-0.2, 0) is 16.0 Å². The predicted octanol–water partition coefficient (Wildman–Crippen LogP) is 3.88. The number of aryl methyl sites for hydroxylation is 1. The summed E-state index contributed by atoms with van der Waals surface area (Å²) in [4.78, 5) is 23.4. The maximum atomic E-state index is 12.1. The van der Waals surface area contributed by atoms with Crippen molar-refractivity contribution < 1.29 is 14.3 Å². The molecule has 6 heteroatoms. The topological polar surface area (TPSA) is 67.4 Å². The van der Waals surface area contributed by atoms with E-state index < -0.39 is 0 Å². The number of benzene rings is 2. The molecule has 0 aromatic heterocycles. The first-order valence-electron chi connectivity index (χ1n) is 7.48. The van der Waals surface area contributed by atoms with Gasteiger partial charge in [-0.2, -0.15) is 0 Å². The largest absolute Gasteiger partial charge is 0.495 e. The number of carbonyl (C=O) groups excluding carboxylic acids is 2. The van der Waals surface area contributed by atoms with Gasteiger partial charge in [-0.1, -0.05) is 29.8 Å². The lowest BCUT2D eigenvalue weighted by molar-refractivity contribution is -0.116. The Morgan fingerprint density at radius 2 is 1.88 bits per heavy atom. The van der Waals surface area contributed by atoms with Crippen LogP contribution >= 0.6 is 11.6 Å². The smallest absolute Gasteiger partial charge is 0.224 e. The maximum Gasteiger partial charge on any atom is 0.224 e. The highest BCUT2D eigenvalue weighted by Gasteiger charge is 2.09. The normalized spacial score (nSPS) is 10.1. The van der Waals surface area contributed by atoms with E-state index in [0.29, 0.717) is 35.0 Å². The fourth-order valence-electron chi connectivity index (χ4n) is 2.25. The van der Waals surface area contributed by atoms with Gasteiger partial charge in [-0.05, 0) is 36.2 Å². The summed E-state index contributed by atoms with van der Waals surface area (Å²) in [5.41, 5.74) is 2.03. The Bertz CT molecular complexity index is 747. The van der Waals surface area contributed by atoms with Crippen LogP contribution in [0.3, 0.4) is 0 Å². The Balaban J connectivity index is 2.01. The summed E-state index contributed by atoms with van der Waals surface area (Å²) in [6, 6.07) is 12.5. The number of nitrogens with one attached hydrogen (secondary N) is 2. The summed E-state index contributed by atoms with van der Waals surface area (Å²) in [6.45, 7) is 1.41. The lowest BCUT2D eigenvalue weighted by Crippen LogP contribution is -2.13. The molecule has 0 aliphatic carbocycles. The average molecular weight is 347 g/mol. The summed E-state index contributed by atoms with van der Waals surface area (Å²) in [7, 11) is 1.52. The molecule has 2 amide bonds.